The number of carboxylic acid groups (broad SMARTS) is 1. The first-order valence-corrected chi connectivity index (χ1v) is 9.77. The second kappa shape index (κ2) is 8.63. The van der Waals surface area contributed by atoms with E-state index >= 15 is 0 Å². The van der Waals surface area contributed by atoms with Crippen LogP contribution < -0.4 is 5.32 Å². The van der Waals surface area contributed by atoms with E-state index in [1.807, 2.05) is 43.3 Å². The van der Waals surface area contributed by atoms with Crippen molar-refractivity contribution in [2.24, 2.45) is 0 Å². The van der Waals surface area contributed by atoms with Gasteiger partial charge in [0.1, 0.15) is 0 Å². The first kappa shape index (κ1) is 20.0. The van der Waals surface area contributed by atoms with Crippen molar-refractivity contribution >= 4 is 33.9 Å². The molecule has 4 rings (SSSR count). The van der Waals surface area contributed by atoms with E-state index in [1.54, 1.807) is 42.7 Å². The van der Waals surface area contributed by atoms with Crippen molar-refractivity contribution in [3.05, 3.63) is 102 Å². The lowest BCUT2D eigenvalue weighted by Crippen LogP contribution is -2.09. The molecule has 5 nitrogen and oxygen atoms in total. The van der Waals surface area contributed by atoms with E-state index in [2.05, 4.69) is 16.4 Å². The third kappa shape index (κ3) is 4.51. The predicted octanol–water partition coefficient (Wildman–Crippen LogP) is 5.64. The zero-order valence-corrected chi connectivity index (χ0v) is 16.9. The Kier molecular flexibility index (Phi) is 5.58. The molecule has 3 aromatic carbocycles. The number of anilines is 1. The van der Waals surface area contributed by atoms with Crippen LogP contribution in [0.4, 0.5) is 5.69 Å². The molecule has 0 atom stereocenters. The third-order valence-electron chi connectivity index (χ3n) is 5.04. The number of hydrogen-bond acceptors (Lipinski definition) is 3. The number of nitrogens with zero attached hydrogens (tertiary/aromatic N) is 1. The monoisotopic (exact) mass is 408 g/mol. The molecule has 0 unspecified atom stereocenters. The molecule has 5 heteroatoms. The minimum absolute atomic E-state index is 0.147. The Morgan fingerprint density at radius 3 is 2.48 bits per heavy atom. The quantitative estimate of drug-likeness (QED) is 0.419. The number of amides is 1. The van der Waals surface area contributed by atoms with Crippen LogP contribution in [0.3, 0.4) is 0 Å². The number of aromatic nitrogens is 1. The molecule has 1 amide bonds. The van der Waals surface area contributed by atoms with Gasteiger partial charge >= 0.3 is 5.97 Å². The van der Waals surface area contributed by atoms with Crippen LogP contribution in [0.25, 0.3) is 27.5 Å². The van der Waals surface area contributed by atoms with Crippen molar-refractivity contribution in [2.45, 2.75) is 6.92 Å². The van der Waals surface area contributed by atoms with Crippen molar-refractivity contribution in [1.29, 1.82) is 0 Å². The second-order valence-corrected chi connectivity index (χ2v) is 7.19. The molecule has 31 heavy (non-hydrogen) atoms. The van der Waals surface area contributed by atoms with Crippen LogP contribution in [-0.2, 0) is 4.79 Å². The molecule has 1 heterocycles. The van der Waals surface area contributed by atoms with Gasteiger partial charge in [0.2, 0.25) is 5.91 Å². The number of benzene rings is 3. The van der Waals surface area contributed by atoms with Crippen LogP contribution in [0.5, 0.6) is 0 Å². The zero-order valence-electron chi connectivity index (χ0n) is 16.9. The fourth-order valence-corrected chi connectivity index (χ4v) is 3.46. The van der Waals surface area contributed by atoms with E-state index in [0.29, 0.717) is 16.8 Å². The summed E-state index contributed by atoms with van der Waals surface area (Å²) in [5, 5.41) is 14.6. The molecule has 0 aliphatic rings. The van der Waals surface area contributed by atoms with E-state index in [9.17, 15) is 14.7 Å². The van der Waals surface area contributed by atoms with Gasteiger partial charge in [0.25, 0.3) is 0 Å². The van der Waals surface area contributed by atoms with E-state index in [1.165, 1.54) is 6.07 Å². The number of pyridine rings is 1. The lowest BCUT2D eigenvalue weighted by atomic mass is 10.00. The second-order valence-electron chi connectivity index (χ2n) is 7.19. The minimum atomic E-state index is -1.04. The summed E-state index contributed by atoms with van der Waals surface area (Å²) in [7, 11) is 0. The molecule has 0 aliphatic carbocycles. The average Bonchev–Trinajstić information content (AvgIpc) is 2.79. The van der Waals surface area contributed by atoms with Crippen molar-refractivity contribution in [2.75, 3.05) is 5.32 Å². The first-order valence-electron chi connectivity index (χ1n) is 9.77. The summed E-state index contributed by atoms with van der Waals surface area (Å²) in [4.78, 5) is 28.3. The highest BCUT2D eigenvalue weighted by Gasteiger charge is 2.13. The molecule has 0 saturated carbocycles. The molecule has 0 fully saturated rings. The minimum Gasteiger partial charge on any atom is -0.478 e. The molecule has 152 valence electrons. The highest BCUT2D eigenvalue weighted by atomic mass is 16.4. The van der Waals surface area contributed by atoms with Gasteiger partial charge in [-0.05, 0) is 64.7 Å². The molecule has 0 aliphatic heterocycles. The zero-order chi connectivity index (χ0) is 21.8. The number of rotatable bonds is 5. The lowest BCUT2D eigenvalue weighted by molar-refractivity contribution is -0.111. The summed E-state index contributed by atoms with van der Waals surface area (Å²) < 4.78 is 0. The molecule has 0 saturated heterocycles. The first-order chi connectivity index (χ1) is 15.0. The van der Waals surface area contributed by atoms with Crippen LogP contribution >= 0.6 is 0 Å². The number of carbonyl (C=O) groups excluding carboxylic acids is 1. The molecular formula is C26H20N2O3. The van der Waals surface area contributed by atoms with Crippen LogP contribution in [0.15, 0.2) is 91.3 Å². The summed E-state index contributed by atoms with van der Waals surface area (Å²) in [5.74, 6) is -1.32. The Hall–Kier alpha value is -4.25. The van der Waals surface area contributed by atoms with E-state index in [0.717, 1.165) is 21.9 Å². The number of allylic oxidation sites excluding steroid dienone is 1. The largest absolute Gasteiger partial charge is 0.478 e. The van der Waals surface area contributed by atoms with Gasteiger partial charge in [0.15, 0.2) is 0 Å². The molecule has 1 aromatic heterocycles. The van der Waals surface area contributed by atoms with E-state index in [4.69, 9.17) is 0 Å². The van der Waals surface area contributed by atoms with Crippen molar-refractivity contribution in [3.8, 4) is 11.1 Å². The molecule has 2 N–H and O–H groups in total. The summed E-state index contributed by atoms with van der Waals surface area (Å²) >= 11 is 0. The Labute approximate surface area is 179 Å². The molecule has 0 bridgehead atoms. The smallest absolute Gasteiger partial charge is 0.336 e. The van der Waals surface area contributed by atoms with Gasteiger partial charge in [-0.15, -0.1) is 0 Å². The molecule has 0 radical (unpaired) electrons. The fraction of sp³-hybridized carbons (Fsp3) is 0.0385. The number of carbonyl (C=O) groups is 2. The molecular weight excluding hydrogens is 388 g/mol. The van der Waals surface area contributed by atoms with Gasteiger partial charge in [0, 0.05) is 29.7 Å². The average molecular weight is 408 g/mol. The van der Waals surface area contributed by atoms with Crippen LogP contribution in [0.2, 0.25) is 0 Å². The number of carboxylic acids is 1. The summed E-state index contributed by atoms with van der Waals surface area (Å²) in [5.41, 5.74) is 3.61. The fourth-order valence-electron chi connectivity index (χ4n) is 3.46. The van der Waals surface area contributed by atoms with Crippen LogP contribution in [0.1, 0.15) is 22.8 Å². The van der Waals surface area contributed by atoms with Crippen LogP contribution in [0, 0.1) is 0 Å². The van der Waals surface area contributed by atoms with Crippen molar-refractivity contribution in [3.63, 3.8) is 0 Å². The molecule has 4 aromatic rings. The van der Waals surface area contributed by atoms with Gasteiger partial charge < -0.3 is 10.4 Å². The Bertz CT molecular complexity index is 1310. The predicted molar refractivity (Wildman–Crippen MR) is 123 cm³/mol. The van der Waals surface area contributed by atoms with Gasteiger partial charge in [-0.3, -0.25) is 9.78 Å². The maximum Gasteiger partial charge on any atom is 0.336 e. The third-order valence-corrected chi connectivity index (χ3v) is 5.04. The number of fused-ring (bicyclic) bond motifs is 1. The number of nitrogens with one attached hydrogen (secondary N) is 1. The number of hydrogen-bond donors (Lipinski definition) is 2. The maximum absolute atomic E-state index is 12.6. The van der Waals surface area contributed by atoms with Gasteiger partial charge in [-0.2, -0.15) is 0 Å². The maximum atomic E-state index is 12.6. The Morgan fingerprint density at radius 1 is 0.935 bits per heavy atom. The molecule has 0 spiro atoms. The number of aromatic carboxylic acids is 1. The van der Waals surface area contributed by atoms with Crippen molar-refractivity contribution in [1.82, 2.24) is 4.98 Å². The van der Waals surface area contributed by atoms with Gasteiger partial charge in [0.05, 0.1) is 5.56 Å². The van der Waals surface area contributed by atoms with E-state index < -0.39 is 5.97 Å². The lowest BCUT2D eigenvalue weighted by Gasteiger charge is -2.10. The van der Waals surface area contributed by atoms with Crippen molar-refractivity contribution < 1.29 is 14.7 Å². The SMILES string of the molecule is C/C(=C/C(=O)Nc1ccc(C(=O)O)c(-c2cccnc2)c1)c1ccc2ccccc2c1. The summed E-state index contributed by atoms with van der Waals surface area (Å²) in [6.45, 7) is 1.89. The van der Waals surface area contributed by atoms with E-state index in [-0.39, 0.29) is 11.5 Å². The Balaban J connectivity index is 1.59. The highest BCUT2D eigenvalue weighted by Crippen LogP contribution is 2.27. The van der Waals surface area contributed by atoms with Gasteiger partial charge in [-0.25, -0.2) is 4.79 Å². The summed E-state index contributed by atoms with van der Waals surface area (Å²) in [6.07, 6.45) is 4.76. The normalized spacial score (nSPS) is 11.3. The summed E-state index contributed by atoms with van der Waals surface area (Å²) in [6, 6.07) is 22.4. The Morgan fingerprint density at radius 2 is 1.74 bits per heavy atom. The van der Waals surface area contributed by atoms with Gasteiger partial charge in [-0.1, -0.05) is 42.5 Å². The van der Waals surface area contributed by atoms with Crippen LogP contribution in [-0.4, -0.2) is 22.0 Å². The highest BCUT2D eigenvalue weighted by molar-refractivity contribution is 6.05. The standard InChI is InChI=1S/C26H20N2O3/c1-17(19-9-8-18-5-2-3-6-20(18)14-19)13-25(29)28-22-10-11-23(26(30)31)24(15-22)21-7-4-12-27-16-21/h2-16H,1H3,(H,28,29)(H,30,31)/b17-13-. The topological polar surface area (TPSA) is 79.3 Å².